The van der Waals surface area contributed by atoms with Crippen LogP contribution in [0.25, 0.3) is 0 Å². The number of hydrogen-bond donors (Lipinski definition) is 1. The van der Waals surface area contributed by atoms with Crippen molar-refractivity contribution in [2.24, 2.45) is 0 Å². The molecule has 1 unspecified atom stereocenters. The van der Waals surface area contributed by atoms with Crippen LogP contribution in [0, 0.1) is 0 Å². The smallest absolute Gasteiger partial charge is 0.313 e. The van der Waals surface area contributed by atoms with E-state index in [0.29, 0.717) is 12.1 Å². The molecule has 1 aromatic rings. The molecule has 7 heteroatoms. The van der Waals surface area contributed by atoms with E-state index in [2.05, 4.69) is 26.6 Å². The van der Waals surface area contributed by atoms with Crippen LogP contribution >= 0.6 is 11.8 Å². The van der Waals surface area contributed by atoms with Crippen molar-refractivity contribution in [3.8, 4) is 0 Å². The lowest BCUT2D eigenvalue weighted by Gasteiger charge is -2.23. The average molecular weight is 282 g/mol. The van der Waals surface area contributed by atoms with Gasteiger partial charge in [-0.3, -0.25) is 9.36 Å². The summed E-state index contributed by atoms with van der Waals surface area (Å²) in [4.78, 5) is 13.0. The van der Waals surface area contributed by atoms with Crippen LogP contribution in [0.2, 0.25) is 0 Å². The molecular formula is C12H18N4O2S. The van der Waals surface area contributed by atoms with Crippen LogP contribution < -0.4 is 4.90 Å². The number of aromatic nitrogens is 3. The van der Waals surface area contributed by atoms with Gasteiger partial charge in [0.05, 0.1) is 5.75 Å². The van der Waals surface area contributed by atoms with E-state index >= 15 is 0 Å². The fraction of sp³-hybridized carbons (Fsp3) is 0.750. The van der Waals surface area contributed by atoms with Crippen molar-refractivity contribution in [2.75, 3.05) is 17.2 Å². The lowest BCUT2D eigenvalue weighted by atomic mass is 10.2. The Balaban J connectivity index is 1.85. The first-order valence-corrected chi connectivity index (χ1v) is 7.71. The summed E-state index contributed by atoms with van der Waals surface area (Å²) in [6.45, 7) is 3.23. The zero-order chi connectivity index (χ0) is 13.4. The van der Waals surface area contributed by atoms with Crippen molar-refractivity contribution in [1.29, 1.82) is 0 Å². The van der Waals surface area contributed by atoms with Gasteiger partial charge >= 0.3 is 5.97 Å². The first-order chi connectivity index (χ1) is 9.16. The van der Waals surface area contributed by atoms with Gasteiger partial charge in [-0.25, -0.2) is 0 Å². The van der Waals surface area contributed by atoms with Gasteiger partial charge in [-0.1, -0.05) is 11.8 Å². The highest BCUT2D eigenvalue weighted by molar-refractivity contribution is 7.99. The molecular weight excluding hydrogens is 264 g/mol. The van der Waals surface area contributed by atoms with Crippen LogP contribution in [0.4, 0.5) is 5.95 Å². The largest absolute Gasteiger partial charge is 0.481 e. The minimum Gasteiger partial charge on any atom is -0.481 e. The van der Waals surface area contributed by atoms with Crippen molar-refractivity contribution in [3.63, 3.8) is 0 Å². The molecule has 1 atom stereocenters. The molecule has 0 bridgehead atoms. The van der Waals surface area contributed by atoms with Gasteiger partial charge in [0.25, 0.3) is 0 Å². The lowest BCUT2D eigenvalue weighted by Crippen LogP contribution is -2.29. The molecule has 104 valence electrons. The number of carboxylic acid groups (broad SMARTS) is 1. The van der Waals surface area contributed by atoms with E-state index in [9.17, 15) is 4.79 Å². The van der Waals surface area contributed by atoms with E-state index in [4.69, 9.17) is 5.11 Å². The maximum absolute atomic E-state index is 10.7. The Morgan fingerprint density at radius 1 is 1.42 bits per heavy atom. The molecule has 0 amide bonds. The van der Waals surface area contributed by atoms with Crippen molar-refractivity contribution in [1.82, 2.24) is 14.8 Å². The number of carboxylic acids is 1. The first-order valence-electron chi connectivity index (χ1n) is 6.73. The zero-order valence-electron chi connectivity index (χ0n) is 10.9. The van der Waals surface area contributed by atoms with Gasteiger partial charge in [-0.05, 0) is 32.6 Å². The summed E-state index contributed by atoms with van der Waals surface area (Å²) in [6, 6.07) is 0.966. The van der Waals surface area contributed by atoms with Crippen LogP contribution in [0.5, 0.6) is 0 Å². The maximum Gasteiger partial charge on any atom is 0.313 e. The Morgan fingerprint density at radius 2 is 2.21 bits per heavy atom. The number of thioether (sulfide) groups is 1. The molecule has 3 rings (SSSR count). The van der Waals surface area contributed by atoms with E-state index < -0.39 is 5.97 Å². The van der Waals surface area contributed by atoms with Gasteiger partial charge in [0, 0.05) is 18.6 Å². The van der Waals surface area contributed by atoms with E-state index in [-0.39, 0.29) is 5.75 Å². The summed E-state index contributed by atoms with van der Waals surface area (Å²) < 4.78 is 2.15. The third-order valence-electron chi connectivity index (χ3n) is 3.69. The van der Waals surface area contributed by atoms with Crippen LogP contribution in [-0.4, -0.2) is 44.2 Å². The summed E-state index contributed by atoms with van der Waals surface area (Å²) in [6.07, 6.45) is 4.67. The molecule has 2 aliphatic rings. The van der Waals surface area contributed by atoms with Gasteiger partial charge in [0.2, 0.25) is 5.95 Å². The minimum atomic E-state index is -0.813. The molecule has 0 radical (unpaired) electrons. The third-order valence-corrected chi connectivity index (χ3v) is 4.62. The second-order valence-corrected chi connectivity index (χ2v) is 6.19. The molecule has 1 saturated heterocycles. The zero-order valence-corrected chi connectivity index (χ0v) is 11.8. The van der Waals surface area contributed by atoms with Gasteiger partial charge in [0.1, 0.15) is 0 Å². The van der Waals surface area contributed by atoms with E-state index in [1.165, 1.54) is 24.6 Å². The van der Waals surface area contributed by atoms with Crippen LogP contribution in [-0.2, 0) is 4.79 Å². The Morgan fingerprint density at radius 3 is 2.79 bits per heavy atom. The molecule has 0 spiro atoms. The second-order valence-electron chi connectivity index (χ2n) is 5.25. The number of hydrogen-bond acceptors (Lipinski definition) is 5. The predicted molar refractivity (Wildman–Crippen MR) is 72.7 cm³/mol. The van der Waals surface area contributed by atoms with E-state index in [0.717, 1.165) is 30.5 Å². The monoisotopic (exact) mass is 282 g/mol. The van der Waals surface area contributed by atoms with Crippen molar-refractivity contribution in [2.45, 2.75) is 49.8 Å². The lowest BCUT2D eigenvalue weighted by molar-refractivity contribution is -0.133. The summed E-state index contributed by atoms with van der Waals surface area (Å²) in [5, 5.41) is 18.1. The van der Waals surface area contributed by atoms with Crippen LogP contribution in [0.1, 0.15) is 38.6 Å². The quantitative estimate of drug-likeness (QED) is 0.830. The SMILES string of the molecule is CC1CCCN1c1nnc(SCC(=O)O)n1C1CC1. The fourth-order valence-electron chi connectivity index (χ4n) is 2.57. The highest BCUT2D eigenvalue weighted by Crippen LogP contribution is 2.41. The van der Waals surface area contributed by atoms with E-state index in [1.54, 1.807) is 0 Å². The highest BCUT2D eigenvalue weighted by atomic mass is 32.2. The molecule has 6 nitrogen and oxygen atoms in total. The Bertz CT molecular complexity index is 486. The Labute approximate surface area is 116 Å². The molecule has 2 fully saturated rings. The second kappa shape index (κ2) is 5.03. The Hall–Kier alpha value is -1.24. The molecule has 19 heavy (non-hydrogen) atoms. The average Bonchev–Trinajstić information content (AvgIpc) is 2.98. The maximum atomic E-state index is 10.7. The molecule has 1 aliphatic carbocycles. The van der Waals surface area contributed by atoms with Crippen LogP contribution in [0.3, 0.4) is 0 Å². The topological polar surface area (TPSA) is 71.2 Å². The van der Waals surface area contributed by atoms with Crippen molar-refractivity contribution >= 4 is 23.7 Å². The van der Waals surface area contributed by atoms with Gasteiger partial charge in [-0.15, -0.1) is 10.2 Å². The van der Waals surface area contributed by atoms with Crippen LogP contribution in [0.15, 0.2) is 5.16 Å². The molecule has 1 N–H and O–H groups in total. The molecule has 0 aromatic carbocycles. The predicted octanol–water partition coefficient (Wildman–Crippen LogP) is 1.78. The molecule has 1 aromatic heterocycles. The summed E-state index contributed by atoms with van der Waals surface area (Å²) in [7, 11) is 0. The van der Waals surface area contributed by atoms with Crippen molar-refractivity contribution < 1.29 is 9.90 Å². The fourth-order valence-corrected chi connectivity index (χ4v) is 3.29. The molecule has 1 saturated carbocycles. The summed E-state index contributed by atoms with van der Waals surface area (Å²) in [5.41, 5.74) is 0. The molecule has 1 aliphatic heterocycles. The number of anilines is 1. The number of rotatable bonds is 5. The normalized spacial score (nSPS) is 23.0. The third kappa shape index (κ3) is 2.56. The highest BCUT2D eigenvalue weighted by Gasteiger charge is 2.34. The summed E-state index contributed by atoms with van der Waals surface area (Å²) in [5.74, 6) is 0.160. The number of aliphatic carboxylic acids is 1. The standard InChI is InChI=1S/C12H18N4O2S/c1-8-3-2-6-15(8)11-13-14-12(19-7-10(17)18)16(11)9-4-5-9/h8-9H,2-7H2,1H3,(H,17,18). The van der Waals surface area contributed by atoms with E-state index in [1.807, 2.05) is 0 Å². The number of carbonyl (C=O) groups is 1. The molecule has 2 heterocycles. The number of nitrogens with zero attached hydrogens (tertiary/aromatic N) is 4. The van der Waals surface area contributed by atoms with Gasteiger partial charge in [0.15, 0.2) is 5.16 Å². The van der Waals surface area contributed by atoms with Gasteiger partial charge < -0.3 is 10.0 Å². The first kappa shape index (κ1) is 12.8. The van der Waals surface area contributed by atoms with Crippen molar-refractivity contribution in [3.05, 3.63) is 0 Å². The minimum absolute atomic E-state index is 0.0421. The summed E-state index contributed by atoms with van der Waals surface area (Å²) >= 11 is 1.27. The Kier molecular flexibility index (Phi) is 3.38. The van der Waals surface area contributed by atoms with Gasteiger partial charge in [-0.2, -0.15) is 0 Å².